The average molecular weight is 608 g/mol. The van der Waals surface area contributed by atoms with E-state index in [0.717, 1.165) is 30.6 Å². The molecule has 4 rings (SSSR count). The predicted octanol–water partition coefficient (Wildman–Crippen LogP) is 7.09. The van der Waals surface area contributed by atoms with Crippen LogP contribution >= 0.6 is 50.1 Å². The summed E-state index contributed by atoms with van der Waals surface area (Å²) >= 11 is 11.8. The van der Waals surface area contributed by atoms with Crippen molar-refractivity contribution in [1.29, 1.82) is 0 Å². The molecule has 0 spiro atoms. The number of para-hydroxylation sites is 1. The molecular weight excluding hydrogens is 591 g/mol. The monoisotopic (exact) mass is 606 g/mol. The number of benzene rings is 3. The van der Waals surface area contributed by atoms with Crippen LogP contribution in [0.5, 0.6) is 5.75 Å². The number of hydrogen-bond donors (Lipinski definition) is 0. The van der Waals surface area contributed by atoms with E-state index in [2.05, 4.69) is 43.6 Å². The predicted molar refractivity (Wildman–Crippen MR) is 138 cm³/mol. The first-order valence-corrected chi connectivity index (χ1v) is 11.7. The minimum Gasteiger partial charge on any atom is -0.487 e. The van der Waals surface area contributed by atoms with Crippen molar-refractivity contribution in [2.45, 2.75) is 13.5 Å². The highest BCUT2D eigenvalue weighted by Gasteiger charge is 2.28. The molecule has 0 atom stereocenters. The first-order chi connectivity index (χ1) is 14.9. The van der Waals surface area contributed by atoms with Crippen molar-refractivity contribution in [3.63, 3.8) is 0 Å². The van der Waals surface area contributed by atoms with Crippen molar-refractivity contribution in [3.8, 4) is 5.75 Å². The van der Waals surface area contributed by atoms with Crippen LogP contribution in [0.25, 0.3) is 6.08 Å². The van der Waals surface area contributed by atoms with Gasteiger partial charge in [0.05, 0.1) is 25.0 Å². The lowest BCUT2D eigenvalue weighted by Gasteiger charge is -2.12. The van der Waals surface area contributed by atoms with Crippen LogP contribution in [-0.2, 0) is 11.4 Å². The van der Waals surface area contributed by atoms with Crippen LogP contribution in [0.1, 0.15) is 18.1 Å². The summed E-state index contributed by atoms with van der Waals surface area (Å²) in [5, 5.41) is 6.57. The van der Waals surface area contributed by atoms with E-state index in [1.165, 1.54) is 5.01 Å². The van der Waals surface area contributed by atoms with Crippen molar-refractivity contribution < 1.29 is 9.53 Å². The van der Waals surface area contributed by atoms with E-state index in [9.17, 15) is 4.79 Å². The standard InChI is InChI=1S/C24H17BrClIN2O2/c1-15-20(24(30)29(28-15)19-5-3-2-4-6-19)11-17-12-21(25)23(22(27)13-17)31-14-16-7-9-18(26)10-8-16/h2-13H,14H2,1H3/b20-11+. The smallest absolute Gasteiger partial charge is 0.280 e. The number of rotatable bonds is 5. The SMILES string of the molecule is CC1=NN(c2ccccc2)C(=O)/C1=C/c1cc(Br)c(OCc2ccc(Cl)cc2)c(I)c1. The highest BCUT2D eigenvalue weighted by atomic mass is 127. The number of carbonyl (C=O) groups excluding carboxylic acids is 1. The number of anilines is 1. The van der Waals surface area contributed by atoms with E-state index in [-0.39, 0.29) is 5.91 Å². The van der Waals surface area contributed by atoms with Gasteiger partial charge in [-0.05, 0) is 99.0 Å². The van der Waals surface area contributed by atoms with Crippen molar-refractivity contribution in [1.82, 2.24) is 0 Å². The molecule has 1 heterocycles. The van der Waals surface area contributed by atoms with Gasteiger partial charge in [0.2, 0.25) is 0 Å². The minimum atomic E-state index is -0.141. The molecule has 1 aliphatic heterocycles. The van der Waals surface area contributed by atoms with Gasteiger partial charge in [-0.2, -0.15) is 10.1 Å². The third-order valence-electron chi connectivity index (χ3n) is 4.69. The van der Waals surface area contributed by atoms with E-state index in [0.29, 0.717) is 22.9 Å². The first kappa shape index (κ1) is 22.0. The van der Waals surface area contributed by atoms with Crippen molar-refractivity contribution in [2.75, 3.05) is 5.01 Å². The number of halogens is 3. The van der Waals surface area contributed by atoms with Gasteiger partial charge in [0.25, 0.3) is 5.91 Å². The summed E-state index contributed by atoms with van der Waals surface area (Å²) in [4.78, 5) is 12.9. The van der Waals surface area contributed by atoms with Gasteiger partial charge in [0.15, 0.2) is 0 Å². The molecule has 0 bridgehead atoms. The van der Waals surface area contributed by atoms with E-state index in [4.69, 9.17) is 16.3 Å². The number of ether oxygens (including phenoxy) is 1. The zero-order chi connectivity index (χ0) is 22.0. The Labute approximate surface area is 207 Å². The molecule has 0 radical (unpaired) electrons. The number of amides is 1. The highest BCUT2D eigenvalue weighted by molar-refractivity contribution is 14.1. The topological polar surface area (TPSA) is 41.9 Å². The molecule has 156 valence electrons. The molecule has 0 saturated heterocycles. The number of nitrogens with zero attached hydrogens (tertiary/aromatic N) is 2. The quantitative estimate of drug-likeness (QED) is 0.230. The van der Waals surface area contributed by atoms with Crippen molar-refractivity contribution >= 4 is 73.5 Å². The summed E-state index contributed by atoms with van der Waals surface area (Å²) in [7, 11) is 0. The Morgan fingerprint density at radius 3 is 2.52 bits per heavy atom. The van der Waals surface area contributed by atoms with Gasteiger partial charge >= 0.3 is 0 Å². The second-order valence-electron chi connectivity index (χ2n) is 6.92. The van der Waals surface area contributed by atoms with E-state index < -0.39 is 0 Å². The molecule has 4 nitrogen and oxygen atoms in total. The molecule has 0 saturated carbocycles. The Kier molecular flexibility index (Phi) is 6.79. The maximum atomic E-state index is 12.9. The molecule has 0 aromatic heterocycles. The fourth-order valence-electron chi connectivity index (χ4n) is 3.13. The summed E-state index contributed by atoms with van der Waals surface area (Å²) in [5.74, 6) is 0.615. The molecule has 0 fully saturated rings. The van der Waals surface area contributed by atoms with Crippen LogP contribution in [0, 0.1) is 3.57 Å². The zero-order valence-electron chi connectivity index (χ0n) is 16.5. The molecule has 0 unspecified atom stereocenters. The van der Waals surface area contributed by atoms with E-state index in [1.807, 2.05) is 79.7 Å². The van der Waals surface area contributed by atoms with Crippen LogP contribution < -0.4 is 9.75 Å². The molecule has 1 amide bonds. The van der Waals surface area contributed by atoms with Gasteiger partial charge in [-0.15, -0.1) is 0 Å². The maximum Gasteiger partial charge on any atom is 0.280 e. The lowest BCUT2D eigenvalue weighted by Crippen LogP contribution is -2.21. The van der Waals surface area contributed by atoms with Gasteiger partial charge in [0.1, 0.15) is 12.4 Å². The number of hydrogen-bond acceptors (Lipinski definition) is 3. The molecule has 3 aromatic rings. The molecule has 7 heteroatoms. The molecular formula is C24H17BrClIN2O2. The molecule has 0 aliphatic carbocycles. The Morgan fingerprint density at radius 1 is 1.13 bits per heavy atom. The van der Waals surface area contributed by atoms with E-state index in [1.54, 1.807) is 0 Å². The third-order valence-corrected chi connectivity index (χ3v) is 6.33. The van der Waals surface area contributed by atoms with Crippen LogP contribution in [-0.4, -0.2) is 11.6 Å². The highest BCUT2D eigenvalue weighted by Crippen LogP contribution is 2.34. The summed E-state index contributed by atoms with van der Waals surface area (Å²) in [6, 6.07) is 20.9. The Hall–Kier alpha value is -2.16. The van der Waals surface area contributed by atoms with Gasteiger partial charge < -0.3 is 4.74 Å². The molecule has 1 aliphatic rings. The van der Waals surface area contributed by atoms with Crippen LogP contribution in [0.3, 0.4) is 0 Å². The Bertz CT molecular complexity index is 1170. The average Bonchev–Trinajstić information content (AvgIpc) is 3.03. The van der Waals surface area contributed by atoms with Crippen molar-refractivity contribution in [2.24, 2.45) is 5.10 Å². The van der Waals surface area contributed by atoms with Crippen LogP contribution in [0.15, 0.2) is 81.9 Å². The van der Waals surface area contributed by atoms with Crippen LogP contribution in [0.2, 0.25) is 5.02 Å². The molecule has 31 heavy (non-hydrogen) atoms. The fourth-order valence-corrected chi connectivity index (χ4v) is 5.03. The van der Waals surface area contributed by atoms with E-state index >= 15 is 0 Å². The largest absolute Gasteiger partial charge is 0.487 e. The normalized spacial score (nSPS) is 14.8. The van der Waals surface area contributed by atoms with Crippen LogP contribution in [0.4, 0.5) is 5.69 Å². The first-order valence-electron chi connectivity index (χ1n) is 9.45. The van der Waals surface area contributed by atoms with Crippen molar-refractivity contribution in [3.05, 3.63) is 96.5 Å². The lowest BCUT2D eigenvalue weighted by molar-refractivity contribution is -0.114. The fraction of sp³-hybridized carbons (Fsp3) is 0.0833. The Balaban J connectivity index is 1.55. The lowest BCUT2D eigenvalue weighted by atomic mass is 10.1. The zero-order valence-corrected chi connectivity index (χ0v) is 21.0. The maximum absolute atomic E-state index is 12.9. The summed E-state index contributed by atoms with van der Waals surface area (Å²) in [6.07, 6.45) is 1.86. The summed E-state index contributed by atoms with van der Waals surface area (Å²) in [6.45, 7) is 2.28. The summed E-state index contributed by atoms with van der Waals surface area (Å²) in [5.41, 5.74) is 3.92. The van der Waals surface area contributed by atoms with Gasteiger partial charge in [0, 0.05) is 5.02 Å². The third kappa shape index (κ3) is 5.02. The Morgan fingerprint density at radius 2 is 1.84 bits per heavy atom. The molecule has 3 aromatic carbocycles. The van der Waals surface area contributed by atoms with Gasteiger partial charge in [-0.1, -0.05) is 41.9 Å². The summed E-state index contributed by atoms with van der Waals surface area (Å²) < 4.78 is 7.78. The van der Waals surface area contributed by atoms with Gasteiger partial charge in [-0.3, -0.25) is 4.79 Å². The number of hydrazone groups is 1. The second-order valence-corrected chi connectivity index (χ2v) is 9.38. The minimum absolute atomic E-state index is 0.141. The number of carbonyl (C=O) groups is 1. The molecule has 0 N–H and O–H groups in total. The second kappa shape index (κ2) is 9.54. The van der Waals surface area contributed by atoms with Gasteiger partial charge in [-0.25, -0.2) is 0 Å².